The van der Waals surface area contributed by atoms with Crippen molar-refractivity contribution in [3.8, 4) is 0 Å². The van der Waals surface area contributed by atoms with E-state index in [-0.39, 0.29) is 5.92 Å². The Morgan fingerprint density at radius 3 is 2.58 bits per heavy atom. The number of amides is 2. The van der Waals surface area contributed by atoms with Gasteiger partial charge in [0.05, 0.1) is 29.3 Å². The molecule has 1 atom stereocenters. The van der Waals surface area contributed by atoms with Gasteiger partial charge in [0.25, 0.3) is 5.91 Å². The third kappa shape index (κ3) is 5.93. The van der Waals surface area contributed by atoms with E-state index >= 15 is 0 Å². The van der Waals surface area contributed by atoms with Gasteiger partial charge in [0.2, 0.25) is 5.91 Å². The minimum absolute atomic E-state index is 0.300. The van der Waals surface area contributed by atoms with Crippen molar-refractivity contribution in [2.24, 2.45) is 5.92 Å². The highest BCUT2D eigenvalue weighted by atomic mass is 19.4. The second kappa shape index (κ2) is 9.02. The molecular formula is C20H21F3N6O2. The van der Waals surface area contributed by atoms with Gasteiger partial charge in [-0.15, -0.1) is 0 Å². The van der Waals surface area contributed by atoms with E-state index in [0.29, 0.717) is 22.6 Å². The number of alkyl halides is 3. The normalized spacial score (nSPS) is 12.6. The number of nitrogens with zero attached hydrogens (tertiary/aromatic N) is 2. The number of halogens is 3. The molecule has 0 spiro atoms. The number of rotatable bonds is 7. The summed E-state index contributed by atoms with van der Waals surface area (Å²) in [6, 6.07) is 4.10. The van der Waals surface area contributed by atoms with Crippen LogP contribution in [0.4, 0.5) is 24.5 Å². The van der Waals surface area contributed by atoms with Crippen molar-refractivity contribution in [2.45, 2.75) is 26.1 Å². The van der Waals surface area contributed by atoms with Crippen LogP contribution in [0.25, 0.3) is 11.0 Å². The van der Waals surface area contributed by atoms with Gasteiger partial charge in [0.1, 0.15) is 18.2 Å². The fraction of sp³-hybridized carbons (Fsp3) is 0.300. The van der Waals surface area contributed by atoms with Crippen LogP contribution in [0.3, 0.4) is 0 Å². The van der Waals surface area contributed by atoms with Crippen LogP contribution in [-0.2, 0) is 4.79 Å². The van der Waals surface area contributed by atoms with Crippen LogP contribution < -0.4 is 16.0 Å². The molecule has 31 heavy (non-hydrogen) atoms. The molecule has 0 aliphatic rings. The molecule has 0 saturated heterocycles. The van der Waals surface area contributed by atoms with Crippen LogP contribution in [0.15, 0.2) is 43.0 Å². The van der Waals surface area contributed by atoms with Crippen molar-refractivity contribution in [2.75, 3.05) is 17.2 Å². The number of hydrogen-bond donors (Lipinski definition) is 4. The molecule has 3 rings (SSSR count). The number of carbonyl (C=O) groups excluding carboxylic acids is 2. The molecule has 164 valence electrons. The Morgan fingerprint density at radius 2 is 1.87 bits per heavy atom. The number of carbonyl (C=O) groups is 2. The molecule has 0 unspecified atom stereocenters. The number of anilines is 2. The zero-order valence-corrected chi connectivity index (χ0v) is 16.7. The maximum absolute atomic E-state index is 12.5. The lowest BCUT2D eigenvalue weighted by molar-refractivity contribution is -0.139. The van der Waals surface area contributed by atoms with Crippen LogP contribution in [0.2, 0.25) is 0 Å². The molecule has 3 aromatic heterocycles. The van der Waals surface area contributed by atoms with Crippen LogP contribution in [-0.4, -0.2) is 45.5 Å². The van der Waals surface area contributed by atoms with Crippen molar-refractivity contribution < 1.29 is 22.8 Å². The van der Waals surface area contributed by atoms with E-state index in [1.54, 1.807) is 38.2 Å². The minimum atomic E-state index is -4.50. The minimum Gasteiger partial charge on any atom is -0.372 e. The molecule has 0 aliphatic heterocycles. The van der Waals surface area contributed by atoms with Gasteiger partial charge in [-0.1, -0.05) is 13.8 Å². The van der Waals surface area contributed by atoms with Gasteiger partial charge < -0.3 is 20.9 Å². The quantitative estimate of drug-likeness (QED) is 0.456. The van der Waals surface area contributed by atoms with E-state index in [9.17, 15) is 22.8 Å². The van der Waals surface area contributed by atoms with Gasteiger partial charge in [-0.05, 0) is 24.1 Å². The third-order valence-corrected chi connectivity index (χ3v) is 4.39. The molecule has 11 heteroatoms. The number of aromatic amines is 1. The Balaban J connectivity index is 1.69. The van der Waals surface area contributed by atoms with E-state index in [1.807, 2.05) is 5.32 Å². The first-order valence-corrected chi connectivity index (χ1v) is 9.43. The maximum Gasteiger partial charge on any atom is 0.405 e. The fourth-order valence-electron chi connectivity index (χ4n) is 2.87. The van der Waals surface area contributed by atoms with Gasteiger partial charge >= 0.3 is 6.18 Å². The van der Waals surface area contributed by atoms with Crippen LogP contribution in [0.1, 0.15) is 24.2 Å². The first-order valence-electron chi connectivity index (χ1n) is 9.43. The van der Waals surface area contributed by atoms with Crippen molar-refractivity contribution in [1.82, 2.24) is 20.3 Å². The molecule has 8 nitrogen and oxygen atoms in total. The van der Waals surface area contributed by atoms with E-state index in [1.165, 1.54) is 18.6 Å². The zero-order valence-electron chi connectivity index (χ0n) is 16.7. The molecular weight excluding hydrogens is 413 g/mol. The first kappa shape index (κ1) is 22.1. The van der Waals surface area contributed by atoms with Crippen molar-refractivity contribution >= 4 is 34.2 Å². The van der Waals surface area contributed by atoms with Gasteiger partial charge in [0, 0.05) is 17.8 Å². The molecule has 0 aromatic carbocycles. The summed E-state index contributed by atoms with van der Waals surface area (Å²) < 4.78 is 37.2. The second-order valence-electron chi connectivity index (χ2n) is 7.25. The fourth-order valence-corrected chi connectivity index (χ4v) is 2.87. The smallest absolute Gasteiger partial charge is 0.372 e. The number of hydrogen-bond acceptors (Lipinski definition) is 5. The third-order valence-electron chi connectivity index (χ3n) is 4.39. The Labute approximate surface area is 175 Å². The summed E-state index contributed by atoms with van der Waals surface area (Å²) >= 11 is 0. The lowest BCUT2D eigenvalue weighted by Crippen LogP contribution is -2.46. The van der Waals surface area contributed by atoms with E-state index in [0.717, 1.165) is 5.39 Å². The lowest BCUT2D eigenvalue weighted by atomic mass is 10.0. The largest absolute Gasteiger partial charge is 0.405 e. The molecule has 4 N–H and O–H groups in total. The molecule has 3 heterocycles. The van der Waals surface area contributed by atoms with Crippen molar-refractivity contribution in [3.63, 3.8) is 0 Å². The predicted octanol–water partition coefficient (Wildman–Crippen LogP) is 3.33. The standard InChI is InChI=1S/C20H21F3N6O2/c1-11(2)16(19(31)27-10-20(21,22)23)28-14-6-15(9-24-8-14)29-18(30)13-5-12-3-4-25-17(12)26-7-13/h3-9,11,16,28H,10H2,1-2H3,(H,25,26)(H,27,31)(H,29,30)/t16-/m1/s1. The number of H-pyrrole nitrogens is 1. The molecule has 0 saturated carbocycles. The van der Waals surface area contributed by atoms with Gasteiger partial charge in [-0.3, -0.25) is 14.6 Å². The van der Waals surface area contributed by atoms with Crippen molar-refractivity contribution in [3.05, 3.63) is 48.5 Å². The summed E-state index contributed by atoms with van der Waals surface area (Å²) in [5, 5.41) is 8.23. The summed E-state index contributed by atoms with van der Waals surface area (Å²) in [6.07, 6.45) is 1.48. The van der Waals surface area contributed by atoms with Crippen molar-refractivity contribution in [1.29, 1.82) is 0 Å². The highest BCUT2D eigenvalue weighted by molar-refractivity contribution is 6.05. The Hall–Kier alpha value is -3.63. The first-order chi connectivity index (χ1) is 14.6. The molecule has 0 aliphatic carbocycles. The SMILES string of the molecule is CC(C)[C@@H](Nc1cncc(NC(=O)c2cnc3[nH]ccc3c2)c1)C(=O)NCC(F)(F)F. The van der Waals surface area contributed by atoms with Crippen LogP contribution >= 0.6 is 0 Å². The Bertz CT molecular complexity index is 1080. The average Bonchev–Trinajstić information content (AvgIpc) is 3.17. The highest BCUT2D eigenvalue weighted by Gasteiger charge is 2.30. The number of aromatic nitrogens is 3. The zero-order chi connectivity index (χ0) is 22.6. The van der Waals surface area contributed by atoms with Gasteiger partial charge in [-0.25, -0.2) is 4.98 Å². The summed E-state index contributed by atoms with van der Waals surface area (Å²) in [7, 11) is 0. The molecule has 3 aromatic rings. The second-order valence-corrected chi connectivity index (χ2v) is 7.25. The molecule has 0 radical (unpaired) electrons. The topological polar surface area (TPSA) is 112 Å². The van der Waals surface area contributed by atoms with Gasteiger partial charge in [-0.2, -0.15) is 13.2 Å². The monoisotopic (exact) mass is 434 g/mol. The molecule has 0 bridgehead atoms. The van der Waals surface area contributed by atoms with Crippen LogP contribution in [0, 0.1) is 5.92 Å². The Kier molecular flexibility index (Phi) is 6.42. The lowest BCUT2D eigenvalue weighted by Gasteiger charge is -2.23. The maximum atomic E-state index is 12.5. The van der Waals surface area contributed by atoms with E-state index in [4.69, 9.17) is 0 Å². The van der Waals surface area contributed by atoms with E-state index < -0.39 is 30.6 Å². The molecule has 0 fully saturated rings. The van der Waals surface area contributed by atoms with Crippen LogP contribution in [0.5, 0.6) is 0 Å². The average molecular weight is 434 g/mol. The Morgan fingerprint density at radius 1 is 1.13 bits per heavy atom. The summed E-state index contributed by atoms with van der Waals surface area (Å²) in [4.78, 5) is 35.8. The number of fused-ring (bicyclic) bond motifs is 1. The number of nitrogens with one attached hydrogen (secondary N) is 4. The molecule has 2 amide bonds. The summed E-state index contributed by atoms with van der Waals surface area (Å²) in [5.74, 6) is -1.49. The summed E-state index contributed by atoms with van der Waals surface area (Å²) in [5.41, 5.74) is 1.73. The number of pyridine rings is 2. The van der Waals surface area contributed by atoms with Gasteiger partial charge in [0.15, 0.2) is 0 Å². The predicted molar refractivity (Wildman–Crippen MR) is 110 cm³/mol. The summed E-state index contributed by atoms with van der Waals surface area (Å²) in [6.45, 7) is 1.99. The van der Waals surface area contributed by atoms with E-state index in [2.05, 4.69) is 25.6 Å². The highest BCUT2D eigenvalue weighted by Crippen LogP contribution is 2.19.